The van der Waals surface area contributed by atoms with E-state index >= 15 is 0 Å². The van der Waals surface area contributed by atoms with Crippen molar-refractivity contribution in [2.24, 2.45) is 0 Å². The lowest BCUT2D eigenvalue weighted by molar-refractivity contribution is 0.479. The van der Waals surface area contributed by atoms with Crippen molar-refractivity contribution >= 4 is 70.1 Å². The summed E-state index contributed by atoms with van der Waals surface area (Å²) in [6, 6.07) is 49.6. The average molecular weight is 1080 g/mol. The maximum absolute atomic E-state index is 9.45. The summed E-state index contributed by atoms with van der Waals surface area (Å²) in [6.45, 7) is 16.2. The van der Waals surface area contributed by atoms with Gasteiger partial charge in [0.05, 0.1) is 33.6 Å². The smallest absolute Gasteiger partial charge is 0.182 e. The number of hydrogen-bond donors (Lipinski definition) is 2. The van der Waals surface area contributed by atoms with Gasteiger partial charge in [-0.1, -0.05) is 168 Å². The van der Waals surface area contributed by atoms with Gasteiger partial charge in [0.15, 0.2) is 14.6 Å². The molecule has 0 aliphatic carbocycles. The van der Waals surface area contributed by atoms with Gasteiger partial charge in [0.1, 0.15) is 24.0 Å². The normalized spacial score (nSPS) is 18.8. The summed E-state index contributed by atoms with van der Waals surface area (Å²) in [5, 5.41) is 7.59. The molecule has 3 aliphatic rings. The molecule has 2 aromatic heterocycles. The molecule has 7 aromatic carbocycles. The van der Waals surface area contributed by atoms with Crippen molar-refractivity contribution in [3.63, 3.8) is 0 Å². The topological polar surface area (TPSA) is 57.6 Å². The van der Waals surface area contributed by atoms with Gasteiger partial charge in [0.25, 0.3) is 0 Å². The van der Waals surface area contributed by atoms with Gasteiger partial charge in [-0.15, -0.1) is 12.0 Å². The Labute approximate surface area is 496 Å². The summed E-state index contributed by atoms with van der Waals surface area (Å²) in [6.07, 6.45) is 26.1. The van der Waals surface area contributed by atoms with E-state index in [-0.39, 0.29) is 35.0 Å². The van der Waals surface area contributed by atoms with Crippen LogP contribution in [0.5, 0.6) is 11.5 Å². The van der Waals surface area contributed by atoms with Crippen LogP contribution in [0.1, 0.15) is 92.9 Å². The highest BCUT2D eigenvalue weighted by Crippen LogP contribution is 2.51. The van der Waals surface area contributed by atoms with Crippen LogP contribution >= 0.6 is 0 Å². The molecule has 12 rings (SSSR count). The third kappa shape index (κ3) is 11.0. The second-order valence-corrected chi connectivity index (χ2v) is 23.3. The lowest BCUT2D eigenvalue weighted by atomic mass is 9.62. The summed E-state index contributed by atoms with van der Waals surface area (Å²) in [7, 11) is 4.39. The van der Waals surface area contributed by atoms with E-state index in [0.29, 0.717) is 45.8 Å². The Balaban J connectivity index is 1.01. The Hall–Kier alpha value is -9.46. The molecule has 9 aromatic rings. The largest absolute Gasteiger partial charge is 0.457 e. The van der Waals surface area contributed by atoms with Gasteiger partial charge >= 0.3 is 0 Å². The maximum Gasteiger partial charge on any atom is 0.182 e. The van der Waals surface area contributed by atoms with Crippen LogP contribution in [0.15, 0.2) is 261 Å². The van der Waals surface area contributed by atoms with E-state index in [9.17, 15) is 2.74 Å². The predicted octanol–water partition coefficient (Wildman–Crippen LogP) is 17.5. The third-order valence-electron chi connectivity index (χ3n) is 15.9. The molecule has 2 N–H and O–H groups in total. The molecule has 406 valence electrons. The fraction of sp³-hybridized carbons (Fsp3) is 0.149. The minimum Gasteiger partial charge on any atom is -0.457 e. The highest BCUT2D eigenvalue weighted by molar-refractivity contribution is 6.67. The number of pyridine rings is 1. The number of ether oxygens (including phenoxy) is 1. The Kier molecular flexibility index (Phi) is 13.6. The van der Waals surface area contributed by atoms with E-state index < -0.39 is 5.41 Å². The van der Waals surface area contributed by atoms with Gasteiger partial charge in [-0.25, -0.2) is 4.98 Å². The first-order valence-electron chi connectivity index (χ1n) is 30.4. The van der Waals surface area contributed by atoms with Crippen LogP contribution < -0.4 is 25.2 Å². The average Bonchev–Trinajstić information content (AvgIpc) is 1.77. The van der Waals surface area contributed by atoms with Crippen molar-refractivity contribution in [2.75, 3.05) is 16.5 Å². The van der Waals surface area contributed by atoms with Gasteiger partial charge in [-0.2, -0.15) is 0 Å². The van der Waals surface area contributed by atoms with Gasteiger partial charge in [-0.05, 0) is 148 Å². The second kappa shape index (κ2) is 22.8. The van der Waals surface area contributed by atoms with Crippen LogP contribution in [0.3, 0.4) is 0 Å². The van der Waals surface area contributed by atoms with E-state index in [1.807, 2.05) is 96.1 Å². The quantitative estimate of drug-likeness (QED) is 0.133. The van der Waals surface area contributed by atoms with Gasteiger partial charge in [0, 0.05) is 65.0 Å². The zero-order valence-corrected chi connectivity index (χ0v) is 48.1. The summed E-state index contributed by atoms with van der Waals surface area (Å²) in [5.41, 5.74) is 13.7. The monoisotopic (exact) mass is 1080 g/mol. The van der Waals surface area contributed by atoms with E-state index in [4.69, 9.17) is 12.5 Å². The van der Waals surface area contributed by atoms with Crippen LogP contribution in [-0.2, 0) is 16.2 Å². The molecule has 83 heavy (non-hydrogen) atoms. The molecule has 0 spiro atoms. The van der Waals surface area contributed by atoms with Crippen molar-refractivity contribution in [3.05, 3.63) is 300 Å². The minimum atomic E-state index is -0.611. The maximum atomic E-state index is 9.45. The molecule has 0 saturated heterocycles. The highest BCUT2D eigenvalue weighted by Gasteiger charge is 2.35. The van der Waals surface area contributed by atoms with Gasteiger partial charge < -0.3 is 25.2 Å². The predicted molar refractivity (Wildman–Crippen MR) is 352 cm³/mol. The number of anilines is 4. The first kappa shape index (κ1) is 49.4. The zero-order valence-electron chi connectivity index (χ0n) is 52.1. The fourth-order valence-electron chi connectivity index (χ4n) is 11.3. The van der Waals surface area contributed by atoms with Crippen molar-refractivity contribution in [1.29, 1.82) is 0 Å². The summed E-state index contributed by atoms with van der Waals surface area (Å²) in [5.74, 6) is 5.85. The summed E-state index contributed by atoms with van der Waals surface area (Å²) >= 11 is 0. The van der Waals surface area contributed by atoms with E-state index in [0.717, 1.165) is 67.1 Å². The number of allylic oxidation sites excluding steroid dienone is 8. The molecule has 0 bridgehead atoms. The van der Waals surface area contributed by atoms with E-state index in [1.165, 1.54) is 5.56 Å². The molecule has 5 heterocycles. The number of aromatic nitrogens is 2. The lowest BCUT2D eigenvalue weighted by Crippen LogP contribution is -2.27. The molecule has 2 radical (unpaired) electrons. The number of nitrogens with one attached hydrogen (secondary N) is 2. The molecule has 3 aliphatic heterocycles. The Morgan fingerprint density at radius 3 is 1.71 bits per heavy atom. The van der Waals surface area contributed by atoms with Crippen LogP contribution in [0.4, 0.5) is 22.7 Å². The molecule has 0 amide bonds. The van der Waals surface area contributed by atoms with E-state index in [2.05, 4.69) is 223 Å². The van der Waals surface area contributed by atoms with Crippen molar-refractivity contribution in [2.45, 2.75) is 64.7 Å². The molecule has 7 nitrogen and oxygen atoms in total. The molecular weight excluding hydrogens is 1010 g/mol. The molecule has 9 heteroatoms. The Morgan fingerprint density at radius 2 is 1.08 bits per heavy atom. The van der Waals surface area contributed by atoms with Gasteiger partial charge in [0.2, 0.25) is 0 Å². The number of benzene rings is 7. The molecular formula is C74H68B2N6O. The molecule has 0 unspecified atom stereocenters. The van der Waals surface area contributed by atoms with Gasteiger partial charge in [-0.3, -0.25) is 4.57 Å². The zero-order chi connectivity index (χ0) is 60.6. The van der Waals surface area contributed by atoms with E-state index in [1.54, 1.807) is 6.20 Å². The number of para-hydroxylation sites is 3. The molecule has 0 saturated carbocycles. The lowest BCUT2D eigenvalue weighted by Gasteiger charge is -2.32. The summed E-state index contributed by atoms with van der Waals surface area (Å²) < 4.78 is 45.6. The molecule has 0 fully saturated rings. The second-order valence-electron chi connectivity index (χ2n) is 23.3. The number of fused-ring (bicyclic) bond motifs is 4. The SMILES string of the molecule is [2H]c1c([2H])c([2H])c2c(c1[2H])c1ccc(Oc3cc(N4CN(c5c(/C6=C/C=C\N/C=C\C=C/[B]6)cc(C(C)(C)C)cc5/C5=C/C=C\N/C=C\C=C/[B]5)c5ccccc54)cc(C(C)(C)C)c3)cc1n2-c1cc(C(C)(c2ccccc2)c2ccccc2)ccn1. The van der Waals surface area contributed by atoms with Crippen LogP contribution in [0, 0.1) is 0 Å². The van der Waals surface area contributed by atoms with Crippen molar-refractivity contribution in [3.8, 4) is 17.3 Å². The first-order valence-corrected chi connectivity index (χ1v) is 28.4. The fourth-order valence-corrected chi connectivity index (χ4v) is 11.3. The Bertz CT molecular complexity index is 4280. The summed E-state index contributed by atoms with van der Waals surface area (Å²) in [4.78, 5) is 9.83. The molecule has 0 atom stereocenters. The highest BCUT2D eigenvalue weighted by atomic mass is 16.5. The van der Waals surface area contributed by atoms with Crippen molar-refractivity contribution in [1.82, 2.24) is 20.2 Å². The standard InChI is InChI=1S/C74H68B2N6O/c1-72(2,3)55-44-57(49-59(45-55)83-58-34-35-61-60-28-14-15-31-66(60)82(69(61)50-58)70-48-54(36-43-79-70)74(7,52-24-10-8-11-25-52)53-26-12-9-13-27-53)80-51-81(68-33-17-16-32-67(68)80)71-62(64-29-22-41-77-39-20-18-37-75-64)46-56(73(4,5)6)47-63(71)65-30-23-42-78-40-21-19-38-76-65/h8-50,77-78H,51H2,1-7H3/b37-18-,38-19-,39-20-,40-21-,41-22-,42-23-,64-29-,65-30-/i14D,15D,28D,31D. The van der Waals surface area contributed by atoms with Crippen molar-refractivity contribution < 1.29 is 10.2 Å². The Morgan fingerprint density at radius 1 is 0.506 bits per heavy atom. The number of hydrogen-bond acceptors (Lipinski definition) is 6. The first-order chi connectivity index (χ1) is 42.0. The van der Waals surface area contributed by atoms with Crippen LogP contribution in [0.25, 0.3) is 38.6 Å². The minimum absolute atomic E-state index is 0.118. The van der Waals surface area contributed by atoms with Crippen LogP contribution in [0.2, 0.25) is 0 Å². The number of rotatable bonds is 10. The van der Waals surface area contributed by atoms with Crippen LogP contribution in [-0.4, -0.2) is 30.8 Å². The third-order valence-corrected chi connectivity index (χ3v) is 15.9. The number of nitrogens with zero attached hydrogens (tertiary/aromatic N) is 4.